The third kappa shape index (κ3) is 3.67. The Labute approximate surface area is 204 Å². The maximum atomic E-state index is 5.74. The molecule has 5 aromatic rings. The number of ether oxygens (including phenoxy) is 2. The van der Waals surface area contributed by atoms with Crippen molar-refractivity contribution in [2.24, 2.45) is 13.0 Å². The topological polar surface area (TPSA) is 67.0 Å². The number of fused-ring (bicyclic) bond motifs is 3. The van der Waals surface area contributed by atoms with Crippen LogP contribution in [0.3, 0.4) is 0 Å². The highest BCUT2D eigenvalue weighted by Gasteiger charge is 2.31. The van der Waals surface area contributed by atoms with Crippen LogP contribution in [-0.2, 0) is 11.8 Å². The number of rotatable bonds is 5. The van der Waals surface area contributed by atoms with Gasteiger partial charge in [0.2, 0.25) is 5.88 Å². The van der Waals surface area contributed by atoms with Gasteiger partial charge in [0.1, 0.15) is 5.65 Å². The number of hydrogen-bond acceptors (Lipinski definition) is 5. The Hall–Kier alpha value is -3.71. The number of hydrogen-bond donors (Lipinski definition) is 0. The molecule has 1 atom stereocenters. The molecule has 7 nitrogen and oxygen atoms in total. The molecular formula is C28H29N5O2. The van der Waals surface area contributed by atoms with Crippen molar-refractivity contribution in [2.75, 3.05) is 20.3 Å². The Morgan fingerprint density at radius 1 is 1.06 bits per heavy atom. The van der Waals surface area contributed by atoms with Gasteiger partial charge in [-0.05, 0) is 43.4 Å². The van der Waals surface area contributed by atoms with E-state index < -0.39 is 0 Å². The van der Waals surface area contributed by atoms with E-state index >= 15 is 0 Å². The lowest BCUT2D eigenvalue weighted by Gasteiger charge is -2.32. The smallest absolute Gasteiger partial charge is 0.214 e. The number of pyridine rings is 2. The molecule has 35 heavy (non-hydrogen) atoms. The molecule has 0 spiro atoms. The highest BCUT2D eigenvalue weighted by atomic mass is 16.5. The van der Waals surface area contributed by atoms with E-state index in [4.69, 9.17) is 19.4 Å². The highest BCUT2D eigenvalue weighted by Crippen LogP contribution is 2.41. The van der Waals surface area contributed by atoms with Crippen LogP contribution in [0.5, 0.6) is 5.88 Å². The summed E-state index contributed by atoms with van der Waals surface area (Å²) in [4.78, 5) is 14.4. The zero-order valence-electron chi connectivity index (χ0n) is 20.3. The predicted octanol–water partition coefficient (Wildman–Crippen LogP) is 5.32. The molecule has 4 aromatic heterocycles. The van der Waals surface area contributed by atoms with Crippen LogP contribution in [0.2, 0.25) is 0 Å². The number of nitrogens with zero attached hydrogens (tertiary/aromatic N) is 5. The molecule has 0 bridgehead atoms. The number of aromatic nitrogens is 5. The van der Waals surface area contributed by atoms with E-state index in [-0.39, 0.29) is 6.04 Å². The Balaban J connectivity index is 1.68. The van der Waals surface area contributed by atoms with Gasteiger partial charge in [-0.1, -0.05) is 30.3 Å². The van der Waals surface area contributed by atoms with Crippen LogP contribution < -0.4 is 4.74 Å². The lowest BCUT2D eigenvalue weighted by atomic mass is 9.86. The van der Waals surface area contributed by atoms with Crippen molar-refractivity contribution in [3.05, 3.63) is 72.3 Å². The molecule has 6 rings (SSSR count). The summed E-state index contributed by atoms with van der Waals surface area (Å²) in [5.41, 5.74) is 7.29. The summed E-state index contributed by atoms with van der Waals surface area (Å²) >= 11 is 0. The minimum atomic E-state index is 0.101. The van der Waals surface area contributed by atoms with Gasteiger partial charge < -0.3 is 18.6 Å². The second kappa shape index (κ2) is 8.82. The van der Waals surface area contributed by atoms with Gasteiger partial charge in [0.15, 0.2) is 0 Å². The van der Waals surface area contributed by atoms with Crippen molar-refractivity contribution in [1.29, 1.82) is 0 Å². The minimum Gasteiger partial charge on any atom is -0.481 e. The first-order chi connectivity index (χ1) is 17.2. The molecule has 0 N–H and O–H groups in total. The molecule has 1 fully saturated rings. The van der Waals surface area contributed by atoms with E-state index in [0.29, 0.717) is 11.8 Å². The van der Waals surface area contributed by atoms with Gasteiger partial charge in [-0.15, -0.1) is 0 Å². The van der Waals surface area contributed by atoms with Gasteiger partial charge >= 0.3 is 0 Å². The molecule has 1 aliphatic rings. The number of methoxy groups -OCH3 is 1. The summed E-state index contributed by atoms with van der Waals surface area (Å²) in [5, 5.41) is 1.03. The van der Waals surface area contributed by atoms with E-state index in [1.54, 1.807) is 7.11 Å². The number of benzene rings is 1. The Kier molecular flexibility index (Phi) is 5.49. The third-order valence-corrected chi connectivity index (χ3v) is 7.19. The van der Waals surface area contributed by atoms with E-state index in [1.165, 1.54) is 5.56 Å². The molecule has 0 aliphatic carbocycles. The first kappa shape index (κ1) is 21.8. The summed E-state index contributed by atoms with van der Waals surface area (Å²) < 4.78 is 15.7. The van der Waals surface area contributed by atoms with Crippen molar-refractivity contribution in [1.82, 2.24) is 24.1 Å². The molecule has 7 heteroatoms. The zero-order valence-corrected chi connectivity index (χ0v) is 20.3. The Morgan fingerprint density at radius 3 is 2.57 bits per heavy atom. The number of imidazole rings is 1. The monoisotopic (exact) mass is 467 g/mol. The molecule has 5 heterocycles. The summed E-state index contributed by atoms with van der Waals surface area (Å²) in [6.07, 6.45) is 5.80. The second-order valence-corrected chi connectivity index (χ2v) is 9.28. The molecule has 0 radical (unpaired) electrons. The molecule has 0 unspecified atom stereocenters. The van der Waals surface area contributed by atoms with Crippen LogP contribution in [0.1, 0.15) is 30.1 Å². The fourth-order valence-electron chi connectivity index (χ4n) is 5.56. The normalized spacial score (nSPS) is 15.6. The first-order valence-electron chi connectivity index (χ1n) is 12.1. The van der Waals surface area contributed by atoms with Gasteiger partial charge in [-0.2, -0.15) is 4.98 Å². The lowest BCUT2D eigenvalue weighted by Crippen LogP contribution is -2.27. The SMILES string of the molecule is COc1ccc2c3ncc(-c4c(C)ncn4C)cc3n([C@H](c3ccccc3)C3CCOCC3)c2n1. The van der Waals surface area contributed by atoms with Crippen LogP contribution in [-0.4, -0.2) is 44.4 Å². The lowest BCUT2D eigenvalue weighted by molar-refractivity contribution is 0.0552. The predicted molar refractivity (Wildman–Crippen MR) is 137 cm³/mol. The van der Waals surface area contributed by atoms with Crippen LogP contribution in [0.25, 0.3) is 33.3 Å². The first-order valence-corrected chi connectivity index (χ1v) is 12.1. The van der Waals surface area contributed by atoms with Crippen LogP contribution in [0, 0.1) is 12.8 Å². The molecular weight excluding hydrogens is 438 g/mol. The molecule has 0 amide bonds. The molecule has 178 valence electrons. The van der Waals surface area contributed by atoms with E-state index in [0.717, 1.165) is 65.1 Å². The maximum Gasteiger partial charge on any atom is 0.214 e. The average Bonchev–Trinajstić information content (AvgIpc) is 3.41. The van der Waals surface area contributed by atoms with E-state index in [9.17, 15) is 0 Å². The van der Waals surface area contributed by atoms with Crippen molar-refractivity contribution < 1.29 is 9.47 Å². The third-order valence-electron chi connectivity index (χ3n) is 7.19. The Morgan fingerprint density at radius 2 is 1.86 bits per heavy atom. The summed E-state index contributed by atoms with van der Waals surface area (Å²) in [6, 6.07) is 17.1. The van der Waals surface area contributed by atoms with E-state index in [1.807, 2.05) is 32.6 Å². The van der Waals surface area contributed by atoms with Crippen LogP contribution in [0.15, 0.2) is 61.1 Å². The van der Waals surface area contributed by atoms with Crippen molar-refractivity contribution in [3.8, 4) is 17.1 Å². The largest absolute Gasteiger partial charge is 0.481 e. The summed E-state index contributed by atoms with van der Waals surface area (Å²) in [7, 11) is 3.69. The van der Waals surface area contributed by atoms with E-state index in [2.05, 4.69) is 56.6 Å². The molecule has 1 aliphatic heterocycles. The number of aryl methyl sites for hydroxylation is 2. The van der Waals surface area contributed by atoms with Crippen molar-refractivity contribution >= 4 is 22.1 Å². The minimum absolute atomic E-state index is 0.101. The quantitative estimate of drug-likeness (QED) is 0.350. The Bertz CT molecular complexity index is 1480. The summed E-state index contributed by atoms with van der Waals surface area (Å²) in [5.74, 6) is 1.02. The van der Waals surface area contributed by atoms with Gasteiger partial charge in [-0.3, -0.25) is 4.98 Å². The highest BCUT2D eigenvalue weighted by molar-refractivity contribution is 6.05. The zero-order chi connectivity index (χ0) is 23.9. The van der Waals surface area contributed by atoms with Crippen LogP contribution in [0.4, 0.5) is 0 Å². The van der Waals surface area contributed by atoms with Crippen molar-refractivity contribution in [2.45, 2.75) is 25.8 Å². The fourth-order valence-corrected chi connectivity index (χ4v) is 5.56. The van der Waals surface area contributed by atoms with Gasteiger partial charge in [0, 0.05) is 43.5 Å². The maximum absolute atomic E-state index is 5.74. The fraction of sp³-hybridized carbons (Fsp3) is 0.321. The standard InChI is InChI=1S/C28H29N5O2/c1-18-26(32(2)17-30-18)21-15-23-25(29-16-21)22-9-10-24(34-3)31-28(22)33(23)27(19-7-5-4-6-8-19)20-11-13-35-14-12-20/h4-10,15-17,20,27H,11-14H2,1-3H3/t27-/m1/s1. The summed E-state index contributed by atoms with van der Waals surface area (Å²) in [6.45, 7) is 3.59. The second-order valence-electron chi connectivity index (χ2n) is 9.28. The van der Waals surface area contributed by atoms with Crippen LogP contribution >= 0.6 is 0 Å². The molecule has 1 saturated heterocycles. The molecule has 1 aromatic carbocycles. The van der Waals surface area contributed by atoms with Gasteiger partial charge in [-0.25, -0.2) is 4.98 Å². The average molecular weight is 468 g/mol. The molecule has 0 saturated carbocycles. The van der Waals surface area contributed by atoms with Gasteiger partial charge in [0.25, 0.3) is 0 Å². The van der Waals surface area contributed by atoms with Gasteiger partial charge in [0.05, 0.1) is 41.9 Å². The van der Waals surface area contributed by atoms with Crippen molar-refractivity contribution in [3.63, 3.8) is 0 Å².